The van der Waals surface area contributed by atoms with Crippen molar-refractivity contribution in [1.82, 2.24) is 14.8 Å². The zero-order chi connectivity index (χ0) is 19.5. The number of aromatic nitrogens is 1. The van der Waals surface area contributed by atoms with Crippen molar-refractivity contribution < 1.29 is 14.4 Å². The molecule has 28 heavy (non-hydrogen) atoms. The normalized spacial score (nSPS) is 17.3. The van der Waals surface area contributed by atoms with Gasteiger partial charge in [0.2, 0.25) is 11.8 Å². The average molecular weight is 398 g/mol. The van der Waals surface area contributed by atoms with Crippen molar-refractivity contribution in [2.45, 2.75) is 19.3 Å². The van der Waals surface area contributed by atoms with Crippen LogP contribution >= 0.6 is 11.3 Å². The third-order valence-electron chi connectivity index (χ3n) is 5.12. The molecular weight excluding hydrogens is 376 g/mol. The minimum atomic E-state index is 0.00659. The van der Waals surface area contributed by atoms with E-state index in [-0.39, 0.29) is 24.1 Å². The highest BCUT2D eigenvalue weighted by molar-refractivity contribution is 7.14. The van der Waals surface area contributed by atoms with Crippen LogP contribution in [0.5, 0.6) is 0 Å². The number of amides is 3. The fourth-order valence-electron chi connectivity index (χ4n) is 3.54. The molecule has 2 aromatic rings. The van der Waals surface area contributed by atoms with Crippen LogP contribution in [-0.2, 0) is 16.0 Å². The molecule has 0 bridgehead atoms. The number of carbonyl (C=O) groups is 3. The highest BCUT2D eigenvalue weighted by Crippen LogP contribution is 2.25. The topological polar surface area (TPSA) is 73.8 Å². The van der Waals surface area contributed by atoms with Gasteiger partial charge in [0.15, 0.2) is 5.13 Å². The molecule has 2 saturated heterocycles. The first-order valence-corrected chi connectivity index (χ1v) is 10.4. The van der Waals surface area contributed by atoms with E-state index in [1.165, 1.54) is 11.3 Å². The average Bonchev–Trinajstić information content (AvgIpc) is 3.36. The quantitative estimate of drug-likeness (QED) is 0.787. The molecule has 0 spiro atoms. The van der Waals surface area contributed by atoms with Gasteiger partial charge in [-0.3, -0.25) is 19.3 Å². The SMILES string of the molecule is O=C(Cc1csc(N2CCCC2=O)n1)N1CCN(C(=O)c2ccccc2)CC1. The summed E-state index contributed by atoms with van der Waals surface area (Å²) in [7, 11) is 0. The van der Waals surface area contributed by atoms with E-state index in [0.29, 0.717) is 55.5 Å². The van der Waals surface area contributed by atoms with Crippen LogP contribution in [0.4, 0.5) is 5.13 Å². The van der Waals surface area contributed by atoms with Crippen LogP contribution in [0.3, 0.4) is 0 Å². The van der Waals surface area contributed by atoms with Crippen LogP contribution in [0.1, 0.15) is 28.9 Å². The van der Waals surface area contributed by atoms with Crippen LogP contribution in [0.15, 0.2) is 35.7 Å². The summed E-state index contributed by atoms with van der Waals surface area (Å²) in [6, 6.07) is 9.21. The molecule has 2 fully saturated rings. The standard InChI is InChI=1S/C20H22N4O3S/c25-17-7-4-8-24(17)20-21-16(14-28-20)13-18(26)22-9-11-23(12-10-22)19(27)15-5-2-1-3-6-15/h1-3,5-6,14H,4,7-13H2. The van der Waals surface area contributed by atoms with Crippen molar-refractivity contribution in [2.75, 3.05) is 37.6 Å². The molecule has 0 saturated carbocycles. The number of rotatable bonds is 4. The van der Waals surface area contributed by atoms with E-state index in [4.69, 9.17) is 0 Å². The van der Waals surface area contributed by atoms with E-state index >= 15 is 0 Å². The lowest BCUT2D eigenvalue weighted by molar-refractivity contribution is -0.132. The fourth-order valence-corrected chi connectivity index (χ4v) is 4.41. The maximum atomic E-state index is 12.6. The Kier molecular flexibility index (Phi) is 5.38. The van der Waals surface area contributed by atoms with Gasteiger partial charge in [0.1, 0.15) is 0 Å². The number of nitrogens with zero attached hydrogens (tertiary/aromatic N) is 4. The van der Waals surface area contributed by atoms with E-state index in [1.807, 2.05) is 35.7 Å². The van der Waals surface area contributed by atoms with Crippen LogP contribution < -0.4 is 4.90 Å². The number of anilines is 1. The second kappa shape index (κ2) is 8.10. The highest BCUT2D eigenvalue weighted by atomic mass is 32.1. The second-order valence-corrected chi connectivity index (χ2v) is 7.82. The van der Waals surface area contributed by atoms with Crippen molar-refractivity contribution in [3.63, 3.8) is 0 Å². The van der Waals surface area contributed by atoms with Crippen LogP contribution in [-0.4, -0.2) is 65.2 Å². The predicted molar refractivity (Wildman–Crippen MR) is 106 cm³/mol. The Balaban J connectivity index is 1.30. The van der Waals surface area contributed by atoms with Crippen LogP contribution in [0, 0.1) is 0 Å². The summed E-state index contributed by atoms with van der Waals surface area (Å²) >= 11 is 1.41. The van der Waals surface area contributed by atoms with E-state index in [0.717, 1.165) is 6.42 Å². The summed E-state index contributed by atoms with van der Waals surface area (Å²) in [5, 5.41) is 2.54. The molecule has 1 aromatic carbocycles. The smallest absolute Gasteiger partial charge is 0.253 e. The molecule has 1 aromatic heterocycles. The van der Waals surface area contributed by atoms with Gasteiger partial charge >= 0.3 is 0 Å². The summed E-state index contributed by atoms with van der Waals surface area (Å²) in [5.41, 5.74) is 1.38. The Labute approximate surface area is 167 Å². The van der Waals surface area contributed by atoms with Crippen molar-refractivity contribution in [1.29, 1.82) is 0 Å². The lowest BCUT2D eigenvalue weighted by atomic mass is 10.2. The molecule has 0 N–H and O–H groups in total. The molecule has 0 radical (unpaired) electrons. The number of piperazine rings is 1. The zero-order valence-corrected chi connectivity index (χ0v) is 16.4. The van der Waals surface area contributed by atoms with Gasteiger partial charge in [0.05, 0.1) is 12.1 Å². The summed E-state index contributed by atoms with van der Waals surface area (Å²) < 4.78 is 0. The van der Waals surface area contributed by atoms with Crippen molar-refractivity contribution in [3.8, 4) is 0 Å². The Morgan fingerprint density at radius 1 is 1.00 bits per heavy atom. The Bertz CT molecular complexity index is 875. The number of hydrogen-bond acceptors (Lipinski definition) is 5. The molecule has 2 aliphatic heterocycles. The number of carbonyl (C=O) groups excluding carboxylic acids is 3. The van der Waals surface area contributed by atoms with Gasteiger partial charge in [-0.15, -0.1) is 11.3 Å². The summed E-state index contributed by atoms with van der Waals surface area (Å²) in [6.07, 6.45) is 1.66. The lowest BCUT2D eigenvalue weighted by Crippen LogP contribution is -2.51. The Morgan fingerprint density at radius 3 is 2.39 bits per heavy atom. The van der Waals surface area contributed by atoms with Gasteiger partial charge in [0, 0.05) is 50.1 Å². The molecule has 146 valence electrons. The number of thiazole rings is 1. The zero-order valence-electron chi connectivity index (χ0n) is 15.5. The number of hydrogen-bond donors (Lipinski definition) is 0. The fraction of sp³-hybridized carbons (Fsp3) is 0.400. The van der Waals surface area contributed by atoms with E-state index in [2.05, 4.69) is 4.98 Å². The number of benzene rings is 1. The van der Waals surface area contributed by atoms with E-state index in [9.17, 15) is 14.4 Å². The Hall–Kier alpha value is -2.74. The first-order chi connectivity index (χ1) is 13.6. The predicted octanol–water partition coefficient (Wildman–Crippen LogP) is 1.80. The molecule has 4 rings (SSSR count). The van der Waals surface area contributed by atoms with Crippen LogP contribution in [0.2, 0.25) is 0 Å². The van der Waals surface area contributed by atoms with Crippen molar-refractivity contribution in [2.24, 2.45) is 0 Å². The maximum absolute atomic E-state index is 12.6. The third kappa shape index (κ3) is 3.91. The molecule has 2 aliphatic rings. The maximum Gasteiger partial charge on any atom is 0.253 e. The summed E-state index contributed by atoms with van der Waals surface area (Å²) in [6.45, 7) is 2.82. The molecule has 0 atom stereocenters. The van der Waals surface area contributed by atoms with Gasteiger partial charge in [-0.25, -0.2) is 4.98 Å². The molecule has 3 heterocycles. The van der Waals surface area contributed by atoms with Crippen LogP contribution in [0.25, 0.3) is 0 Å². The minimum absolute atomic E-state index is 0.00659. The van der Waals surface area contributed by atoms with E-state index < -0.39 is 0 Å². The Morgan fingerprint density at radius 2 is 1.71 bits per heavy atom. The lowest BCUT2D eigenvalue weighted by Gasteiger charge is -2.34. The molecular formula is C20H22N4O3S. The van der Waals surface area contributed by atoms with Gasteiger partial charge in [-0.05, 0) is 18.6 Å². The summed E-state index contributed by atoms with van der Waals surface area (Å²) in [5.74, 6) is 0.120. The third-order valence-corrected chi connectivity index (χ3v) is 6.03. The van der Waals surface area contributed by atoms with E-state index in [1.54, 1.807) is 14.7 Å². The molecule has 8 heteroatoms. The molecule has 0 unspecified atom stereocenters. The monoisotopic (exact) mass is 398 g/mol. The van der Waals surface area contributed by atoms with Crippen molar-refractivity contribution in [3.05, 3.63) is 47.0 Å². The second-order valence-electron chi connectivity index (χ2n) is 6.99. The first-order valence-electron chi connectivity index (χ1n) is 9.48. The highest BCUT2D eigenvalue weighted by Gasteiger charge is 2.27. The first kappa shape index (κ1) is 18.6. The van der Waals surface area contributed by atoms with Gasteiger partial charge in [-0.2, -0.15) is 0 Å². The van der Waals surface area contributed by atoms with Crippen molar-refractivity contribution >= 4 is 34.2 Å². The molecule has 0 aliphatic carbocycles. The summed E-state index contributed by atoms with van der Waals surface area (Å²) in [4.78, 5) is 46.7. The van der Waals surface area contributed by atoms with Gasteiger partial charge in [0.25, 0.3) is 5.91 Å². The van der Waals surface area contributed by atoms with Gasteiger partial charge in [-0.1, -0.05) is 18.2 Å². The van der Waals surface area contributed by atoms with Gasteiger partial charge < -0.3 is 9.80 Å². The minimum Gasteiger partial charge on any atom is -0.339 e. The molecule has 3 amide bonds. The largest absolute Gasteiger partial charge is 0.339 e. The molecule has 7 nitrogen and oxygen atoms in total.